The lowest BCUT2D eigenvalue weighted by atomic mass is 10.0. The van der Waals surface area contributed by atoms with E-state index in [-0.39, 0.29) is 32.6 Å². The zero-order chi connectivity index (χ0) is 39.6. The summed E-state index contributed by atoms with van der Waals surface area (Å²) in [6.45, 7) is 3.68. The monoisotopic (exact) mass is 784 g/mol. The molecule has 0 aliphatic rings. The molecule has 1 unspecified atom stereocenters. The summed E-state index contributed by atoms with van der Waals surface area (Å²) < 4.78 is 32.7. The highest BCUT2D eigenvalue weighted by Gasteiger charge is 2.26. The predicted octanol–water partition coefficient (Wildman–Crippen LogP) is 12.6. The van der Waals surface area contributed by atoms with Crippen LogP contribution in [0.15, 0.2) is 36.5 Å². The molecule has 0 radical (unpaired) electrons. The van der Waals surface area contributed by atoms with Gasteiger partial charge in [-0.15, -0.1) is 0 Å². The number of rotatable bonds is 41. The standard InChI is InChI=1S/C44H82NO8P/c1-3-5-7-9-11-13-15-17-19-21-23-24-26-28-30-32-34-36-43(46)50-40-42(41-52-54(48,49)51-39-38-45)53-44(47)37-35-33-31-29-27-25-22-20-18-16-14-12-10-8-6-4-2/h17,19,23-24,28,30,42H,3-16,18,20-22,25-27,29,31-41,45H2,1-2H3,(H,48,49)/b19-17+,24-23+,30-28+/t42-/m1/s1. The fraction of sp³-hybridized carbons (Fsp3) is 0.818. The number of phosphoric acid groups is 1. The van der Waals surface area contributed by atoms with E-state index in [0.29, 0.717) is 12.8 Å². The van der Waals surface area contributed by atoms with Crippen molar-refractivity contribution in [3.05, 3.63) is 36.5 Å². The van der Waals surface area contributed by atoms with E-state index in [1.807, 2.05) is 0 Å². The van der Waals surface area contributed by atoms with Crippen molar-refractivity contribution in [3.63, 3.8) is 0 Å². The molecule has 9 nitrogen and oxygen atoms in total. The Morgan fingerprint density at radius 1 is 0.556 bits per heavy atom. The fourth-order valence-electron chi connectivity index (χ4n) is 6.00. The molecule has 2 atom stereocenters. The Hall–Kier alpha value is -1.77. The van der Waals surface area contributed by atoms with Crippen molar-refractivity contribution in [2.24, 2.45) is 5.73 Å². The van der Waals surface area contributed by atoms with Gasteiger partial charge < -0.3 is 20.1 Å². The Morgan fingerprint density at radius 3 is 1.48 bits per heavy atom. The topological polar surface area (TPSA) is 134 Å². The second-order valence-corrected chi connectivity index (χ2v) is 16.0. The van der Waals surface area contributed by atoms with Crippen molar-refractivity contribution >= 4 is 19.8 Å². The van der Waals surface area contributed by atoms with Crippen molar-refractivity contribution in [1.82, 2.24) is 0 Å². The second kappa shape index (κ2) is 40.9. The van der Waals surface area contributed by atoms with Crippen LogP contribution in [0.2, 0.25) is 0 Å². The fourth-order valence-corrected chi connectivity index (χ4v) is 6.77. The number of hydrogen-bond acceptors (Lipinski definition) is 8. The molecule has 54 heavy (non-hydrogen) atoms. The Balaban J connectivity index is 4.21. The van der Waals surface area contributed by atoms with Crippen molar-refractivity contribution in [2.75, 3.05) is 26.4 Å². The van der Waals surface area contributed by atoms with E-state index in [9.17, 15) is 19.0 Å². The summed E-state index contributed by atoms with van der Waals surface area (Å²) in [5, 5.41) is 0. The van der Waals surface area contributed by atoms with Crippen molar-refractivity contribution < 1.29 is 37.6 Å². The van der Waals surface area contributed by atoms with Gasteiger partial charge in [0.05, 0.1) is 13.2 Å². The SMILES string of the molecule is CCCCCCCC/C=C/C/C=C/C/C=C/CCCC(=O)OC[C@H](COP(=O)(O)OCCN)OC(=O)CCCCCCCCCCCCCCCCCC. The molecule has 0 aromatic heterocycles. The molecule has 3 N–H and O–H groups in total. The van der Waals surface area contributed by atoms with Crippen LogP contribution >= 0.6 is 7.82 Å². The van der Waals surface area contributed by atoms with Crippen LogP contribution in [0, 0.1) is 0 Å². The van der Waals surface area contributed by atoms with E-state index in [4.69, 9.17) is 24.3 Å². The molecular weight excluding hydrogens is 701 g/mol. The lowest BCUT2D eigenvalue weighted by Crippen LogP contribution is -2.29. The number of esters is 2. The lowest BCUT2D eigenvalue weighted by molar-refractivity contribution is -0.161. The molecule has 0 fully saturated rings. The number of unbranched alkanes of at least 4 members (excludes halogenated alkanes) is 22. The normalized spacial score (nSPS) is 13.6. The summed E-state index contributed by atoms with van der Waals surface area (Å²) in [7, 11) is -4.38. The van der Waals surface area contributed by atoms with Gasteiger partial charge in [-0.2, -0.15) is 0 Å². The van der Waals surface area contributed by atoms with Gasteiger partial charge in [0.2, 0.25) is 0 Å². The minimum absolute atomic E-state index is 0.0478. The summed E-state index contributed by atoms with van der Waals surface area (Å²) in [6, 6.07) is 0. The third-order valence-corrected chi connectivity index (χ3v) is 10.3. The first-order valence-corrected chi connectivity index (χ1v) is 23.5. The van der Waals surface area contributed by atoms with E-state index in [1.165, 1.54) is 116 Å². The van der Waals surface area contributed by atoms with E-state index >= 15 is 0 Å². The van der Waals surface area contributed by atoms with Gasteiger partial charge in [-0.1, -0.05) is 179 Å². The molecule has 0 aliphatic carbocycles. The molecular formula is C44H82NO8P. The first kappa shape index (κ1) is 52.2. The number of allylic oxidation sites excluding steroid dienone is 6. The molecule has 0 rings (SSSR count). The van der Waals surface area contributed by atoms with Gasteiger partial charge in [0, 0.05) is 19.4 Å². The van der Waals surface area contributed by atoms with Crippen LogP contribution in [0.25, 0.3) is 0 Å². The van der Waals surface area contributed by atoms with Crippen LogP contribution in [0.4, 0.5) is 0 Å². The number of nitrogens with two attached hydrogens (primary N) is 1. The van der Waals surface area contributed by atoms with E-state index in [0.717, 1.165) is 44.9 Å². The Morgan fingerprint density at radius 2 is 0.981 bits per heavy atom. The molecule has 0 aromatic carbocycles. The van der Waals surface area contributed by atoms with Crippen LogP contribution in [0.1, 0.15) is 200 Å². The van der Waals surface area contributed by atoms with Gasteiger partial charge in [0.15, 0.2) is 6.10 Å². The number of carbonyl (C=O) groups excluding carboxylic acids is 2. The first-order valence-electron chi connectivity index (χ1n) is 22.0. The maximum atomic E-state index is 12.6. The summed E-state index contributed by atoms with van der Waals surface area (Å²) in [5.41, 5.74) is 5.34. The highest BCUT2D eigenvalue weighted by Crippen LogP contribution is 2.43. The van der Waals surface area contributed by atoms with Crippen molar-refractivity contribution in [1.29, 1.82) is 0 Å². The molecule has 0 saturated carbocycles. The number of carbonyl (C=O) groups is 2. The molecule has 0 bridgehead atoms. The van der Waals surface area contributed by atoms with Gasteiger partial charge in [-0.25, -0.2) is 4.57 Å². The highest BCUT2D eigenvalue weighted by atomic mass is 31.2. The van der Waals surface area contributed by atoms with E-state index in [1.54, 1.807) is 0 Å². The van der Waals surface area contributed by atoms with Crippen LogP contribution in [0.3, 0.4) is 0 Å². The molecule has 0 aromatic rings. The van der Waals surface area contributed by atoms with Gasteiger partial charge in [-0.3, -0.25) is 18.6 Å². The number of ether oxygens (including phenoxy) is 2. The minimum Gasteiger partial charge on any atom is -0.462 e. The summed E-state index contributed by atoms with van der Waals surface area (Å²) in [6.07, 6.45) is 44.7. The lowest BCUT2D eigenvalue weighted by Gasteiger charge is -2.19. The maximum absolute atomic E-state index is 12.6. The zero-order valence-electron chi connectivity index (χ0n) is 34.7. The molecule has 0 amide bonds. The molecule has 0 heterocycles. The zero-order valence-corrected chi connectivity index (χ0v) is 35.6. The number of phosphoric ester groups is 1. The highest BCUT2D eigenvalue weighted by molar-refractivity contribution is 7.47. The van der Waals surface area contributed by atoms with Gasteiger partial charge in [0.1, 0.15) is 6.61 Å². The summed E-state index contributed by atoms with van der Waals surface area (Å²) in [5.74, 6) is -0.884. The van der Waals surface area contributed by atoms with E-state index in [2.05, 4.69) is 50.3 Å². The minimum atomic E-state index is -4.38. The third-order valence-electron chi connectivity index (χ3n) is 9.28. The summed E-state index contributed by atoms with van der Waals surface area (Å²) >= 11 is 0. The second-order valence-electron chi connectivity index (χ2n) is 14.6. The van der Waals surface area contributed by atoms with Gasteiger partial charge in [0.25, 0.3) is 0 Å². The van der Waals surface area contributed by atoms with E-state index < -0.39 is 32.5 Å². The molecule has 0 aliphatic heterocycles. The Labute approximate surface area is 331 Å². The predicted molar refractivity (Wildman–Crippen MR) is 224 cm³/mol. The average Bonchev–Trinajstić information content (AvgIpc) is 3.16. The van der Waals surface area contributed by atoms with Gasteiger partial charge in [-0.05, 0) is 44.9 Å². The van der Waals surface area contributed by atoms with Crippen LogP contribution in [-0.4, -0.2) is 49.3 Å². The Kier molecular flexibility index (Phi) is 39.5. The Bertz CT molecular complexity index is 986. The quantitative estimate of drug-likeness (QED) is 0.0269. The average molecular weight is 784 g/mol. The largest absolute Gasteiger partial charge is 0.472 e. The van der Waals surface area contributed by atoms with Crippen LogP contribution in [0.5, 0.6) is 0 Å². The third kappa shape index (κ3) is 39.9. The smallest absolute Gasteiger partial charge is 0.462 e. The summed E-state index contributed by atoms with van der Waals surface area (Å²) in [4.78, 5) is 34.8. The number of hydrogen-bond donors (Lipinski definition) is 2. The van der Waals surface area contributed by atoms with Crippen LogP contribution < -0.4 is 5.73 Å². The molecule has 0 saturated heterocycles. The first-order chi connectivity index (χ1) is 26.3. The van der Waals surface area contributed by atoms with Crippen molar-refractivity contribution in [3.8, 4) is 0 Å². The molecule has 316 valence electrons. The van der Waals surface area contributed by atoms with Gasteiger partial charge >= 0.3 is 19.8 Å². The van der Waals surface area contributed by atoms with Crippen LogP contribution in [-0.2, 0) is 32.7 Å². The maximum Gasteiger partial charge on any atom is 0.472 e. The molecule has 10 heteroatoms. The molecule has 0 spiro atoms. The van der Waals surface area contributed by atoms with Crippen molar-refractivity contribution in [2.45, 2.75) is 206 Å².